The number of carbonyl (C=O) groups is 3. The summed E-state index contributed by atoms with van der Waals surface area (Å²) < 4.78 is 5.35. The van der Waals surface area contributed by atoms with Crippen LogP contribution < -0.4 is 0 Å². The molecule has 2 rings (SSSR count). The SMILES string of the molecule is CC1CCC(C)C(=O)C(O)(C(=O)N2CCCCC2C(=O)O)O1. The van der Waals surface area contributed by atoms with Crippen LogP contribution in [-0.4, -0.2) is 57.3 Å². The molecule has 7 nitrogen and oxygen atoms in total. The Morgan fingerprint density at radius 1 is 1.23 bits per heavy atom. The largest absolute Gasteiger partial charge is 0.480 e. The van der Waals surface area contributed by atoms with Crippen molar-refractivity contribution in [3.63, 3.8) is 0 Å². The van der Waals surface area contributed by atoms with Gasteiger partial charge in [0.25, 0.3) is 5.91 Å². The van der Waals surface area contributed by atoms with Crippen LogP contribution in [0.4, 0.5) is 0 Å². The molecule has 0 aromatic carbocycles. The van der Waals surface area contributed by atoms with Gasteiger partial charge in [0.1, 0.15) is 6.04 Å². The number of hydrogen-bond acceptors (Lipinski definition) is 5. The summed E-state index contributed by atoms with van der Waals surface area (Å²) in [6.07, 6.45) is 2.29. The van der Waals surface area contributed by atoms with Gasteiger partial charge in [0.2, 0.25) is 5.78 Å². The van der Waals surface area contributed by atoms with Crippen LogP contribution in [0.3, 0.4) is 0 Å². The highest BCUT2D eigenvalue weighted by Gasteiger charge is 2.53. The van der Waals surface area contributed by atoms with Crippen LogP contribution in [0.25, 0.3) is 0 Å². The first kappa shape index (κ1) is 16.9. The maximum absolute atomic E-state index is 12.7. The molecule has 0 spiro atoms. The summed E-state index contributed by atoms with van der Waals surface area (Å²) in [6, 6.07) is -1.02. The molecule has 2 fully saturated rings. The highest BCUT2D eigenvalue weighted by Crippen LogP contribution is 2.30. The third kappa shape index (κ3) is 3.01. The number of nitrogens with zero attached hydrogens (tertiary/aromatic N) is 1. The minimum absolute atomic E-state index is 0.206. The summed E-state index contributed by atoms with van der Waals surface area (Å²) in [5, 5.41) is 19.9. The Labute approximate surface area is 129 Å². The van der Waals surface area contributed by atoms with Gasteiger partial charge < -0.3 is 19.8 Å². The molecule has 2 aliphatic heterocycles. The van der Waals surface area contributed by atoms with Crippen molar-refractivity contribution in [1.82, 2.24) is 4.90 Å². The Balaban J connectivity index is 2.31. The normalized spacial score (nSPS) is 36.8. The van der Waals surface area contributed by atoms with E-state index in [9.17, 15) is 24.6 Å². The van der Waals surface area contributed by atoms with Crippen LogP contribution in [0.2, 0.25) is 0 Å². The number of ether oxygens (including phenoxy) is 1. The molecule has 0 saturated carbocycles. The third-order valence-electron chi connectivity index (χ3n) is 4.50. The van der Waals surface area contributed by atoms with Gasteiger partial charge in [-0.2, -0.15) is 0 Å². The van der Waals surface area contributed by atoms with Crippen molar-refractivity contribution in [3.05, 3.63) is 0 Å². The zero-order chi connectivity index (χ0) is 16.5. The van der Waals surface area contributed by atoms with Crippen molar-refractivity contribution >= 4 is 17.7 Å². The predicted octanol–water partition coefficient (Wildman–Crippen LogP) is 0.545. The first-order valence-corrected chi connectivity index (χ1v) is 7.75. The molecule has 4 unspecified atom stereocenters. The molecule has 2 aliphatic rings. The summed E-state index contributed by atoms with van der Waals surface area (Å²) in [5.41, 5.74) is 0. The quantitative estimate of drug-likeness (QED) is 0.721. The molecule has 0 aromatic rings. The van der Waals surface area contributed by atoms with E-state index in [1.54, 1.807) is 13.8 Å². The smallest absolute Gasteiger partial charge is 0.326 e. The number of Topliss-reactive ketones (excluding diaryl/α,β-unsaturated/α-hetero) is 1. The molecular formula is C15H23NO6. The van der Waals surface area contributed by atoms with Crippen LogP contribution >= 0.6 is 0 Å². The Morgan fingerprint density at radius 3 is 2.55 bits per heavy atom. The van der Waals surface area contributed by atoms with Gasteiger partial charge in [-0.1, -0.05) is 6.92 Å². The van der Waals surface area contributed by atoms with Gasteiger partial charge >= 0.3 is 11.8 Å². The molecular weight excluding hydrogens is 290 g/mol. The zero-order valence-corrected chi connectivity index (χ0v) is 12.9. The predicted molar refractivity (Wildman–Crippen MR) is 75.9 cm³/mol. The van der Waals surface area contributed by atoms with Gasteiger partial charge in [0.05, 0.1) is 6.10 Å². The summed E-state index contributed by atoms with van der Waals surface area (Å²) in [5.74, 6) is -5.83. The number of carboxylic acids is 1. The number of rotatable bonds is 2. The summed E-state index contributed by atoms with van der Waals surface area (Å²) in [6.45, 7) is 3.54. The van der Waals surface area contributed by atoms with E-state index in [0.717, 1.165) is 4.90 Å². The maximum Gasteiger partial charge on any atom is 0.326 e. The number of hydrogen-bond donors (Lipinski definition) is 2. The van der Waals surface area contributed by atoms with E-state index in [4.69, 9.17) is 4.74 Å². The van der Waals surface area contributed by atoms with Crippen molar-refractivity contribution in [2.75, 3.05) is 6.54 Å². The Kier molecular flexibility index (Phi) is 4.87. The van der Waals surface area contributed by atoms with E-state index in [1.165, 1.54) is 0 Å². The highest BCUT2D eigenvalue weighted by molar-refractivity contribution is 6.09. The molecule has 4 atom stereocenters. The summed E-state index contributed by atoms with van der Waals surface area (Å²) in [4.78, 5) is 37.5. The zero-order valence-electron chi connectivity index (χ0n) is 12.9. The summed E-state index contributed by atoms with van der Waals surface area (Å²) >= 11 is 0. The molecule has 0 aromatic heterocycles. The Hall–Kier alpha value is -1.47. The van der Waals surface area contributed by atoms with Gasteiger partial charge in [0.15, 0.2) is 0 Å². The van der Waals surface area contributed by atoms with E-state index in [0.29, 0.717) is 32.1 Å². The van der Waals surface area contributed by atoms with Gasteiger partial charge in [-0.25, -0.2) is 4.79 Å². The standard InChI is InChI=1S/C15H23NO6/c1-9-6-7-10(2)22-15(21,12(9)17)14(20)16-8-4-3-5-11(16)13(18)19/h9-11,21H,3-8H2,1-2H3,(H,18,19). The average molecular weight is 313 g/mol. The maximum atomic E-state index is 12.7. The lowest BCUT2D eigenvalue weighted by Crippen LogP contribution is -2.61. The van der Waals surface area contributed by atoms with Crippen molar-refractivity contribution < 1.29 is 29.3 Å². The van der Waals surface area contributed by atoms with Gasteiger partial charge in [-0.05, 0) is 39.0 Å². The fourth-order valence-electron chi connectivity index (χ4n) is 3.14. The molecule has 0 radical (unpaired) electrons. The van der Waals surface area contributed by atoms with Crippen LogP contribution in [0.1, 0.15) is 46.0 Å². The first-order valence-electron chi connectivity index (χ1n) is 7.75. The minimum atomic E-state index is -2.57. The van der Waals surface area contributed by atoms with E-state index < -0.39 is 41.5 Å². The van der Waals surface area contributed by atoms with E-state index in [2.05, 4.69) is 0 Å². The monoisotopic (exact) mass is 313 g/mol. The number of likely N-dealkylation sites (tertiary alicyclic amines) is 1. The lowest BCUT2D eigenvalue weighted by Gasteiger charge is -2.38. The topological polar surface area (TPSA) is 104 Å². The number of aliphatic hydroxyl groups is 1. The fourth-order valence-corrected chi connectivity index (χ4v) is 3.14. The van der Waals surface area contributed by atoms with Gasteiger partial charge in [-0.15, -0.1) is 0 Å². The van der Waals surface area contributed by atoms with E-state index in [1.807, 2.05) is 0 Å². The van der Waals surface area contributed by atoms with Crippen molar-refractivity contribution in [2.45, 2.75) is 63.9 Å². The number of carboxylic acid groups (broad SMARTS) is 1. The second-order valence-electron chi connectivity index (χ2n) is 6.26. The van der Waals surface area contributed by atoms with Crippen LogP contribution in [-0.2, 0) is 19.1 Å². The molecule has 22 heavy (non-hydrogen) atoms. The number of piperidine rings is 1. The third-order valence-corrected chi connectivity index (χ3v) is 4.50. The molecule has 7 heteroatoms. The number of ketones is 1. The molecule has 1 amide bonds. The molecule has 0 aliphatic carbocycles. The number of aliphatic carboxylic acids is 1. The lowest BCUT2D eigenvalue weighted by molar-refractivity contribution is -0.227. The highest BCUT2D eigenvalue weighted by atomic mass is 16.6. The second kappa shape index (κ2) is 6.34. The minimum Gasteiger partial charge on any atom is -0.480 e. The molecule has 2 saturated heterocycles. The van der Waals surface area contributed by atoms with Crippen molar-refractivity contribution in [1.29, 1.82) is 0 Å². The number of amides is 1. The van der Waals surface area contributed by atoms with Gasteiger partial charge in [-0.3, -0.25) is 9.59 Å². The first-order chi connectivity index (χ1) is 10.3. The van der Waals surface area contributed by atoms with E-state index in [-0.39, 0.29) is 6.54 Å². The fraction of sp³-hybridized carbons (Fsp3) is 0.800. The molecule has 0 bridgehead atoms. The van der Waals surface area contributed by atoms with Crippen LogP contribution in [0.15, 0.2) is 0 Å². The lowest BCUT2D eigenvalue weighted by atomic mass is 9.93. The van der Waals surface area contributed by atoms with Crippen molar-refractivity contribution in [2.24, 2.45) is 5.92 Å². The van der Waals surface area contributed by atoms with Gasteiger partial charge in [0, 0.05) is 12.5 Å². The summed E-state index contributed by atoms with van der Waals surface area (Å²) in [7, 11) is 0. The second-order valence-corrected chi connectivity index (χ2v) is 6.26. The average Bonchev–Trinajstić information content (AvgIpc) is 2.59. The Morgan fingerprint density at radius 2 is 1.91 bits per heavy atom. The van der Waals surface area contributed by atoms with Crippen LogP contribution in [0, 0.1) is 5.92 Å². The molecule has 2 N–H and O–H groups in total. The molecule has 2 heterocycles. The molecule has 124 valence electrons. The van der Waals surface area contributed by atoms with Crippen LogP contribution in [0.5, 0.6) is 0 Å². The van der Waals surface area contributed by atoms with Crippen molar-refractivity contribution in [3.8, 4) is 0 Å². The Bertz CT molecular complexity index is 479. The van der Waals surface area contributed by atoms with E-state index >= 15 is 0 Å². The number of carbonyl (C=O) groups excluding carboxylic acids is 2.